The van der Waals surface area contributed by atoms with Crippen LogP contribution in [0.1, 0.15) is 44.0 Å². The lowest BCUT2D eigenvalue weighted by molar-refractivity contribution is 0.293. The molecule has 0 spiro atoms. The molecule has 6 rings (SSSR count). The maximum atomic E-state index is 13.9. The fourth-order valence-electron chi connectivity index (χ4n) is 6.57. The lowest BCUT2D eigenvalue weighted by Crippen LogP contribution is -2.66. The van der Waals surface area contributed by atoms with E-state index in [0.29, 0.717) is 42.6 Å². The molecule has 1 N–H and O–H groups in total. The Morgan fingerprint density at radius 3 is 2.20 bits per heavy atom. The van der Waals surface area contributed by atoms with Crippen molar-refractivity contribution in [3.8, 4) is 17.1 Å². The lowest BCUT2D eigenvalue weighted by atomic mass is 10.0. The molecule has 8 nitrogen and oxygen atoms in total. The van der Waals surface area contributed by atoms with Gasteiger partial charge in [-0.3, -0.25) is 4.98 Å². The first-order chi connectivity index (χ1) is 23.6. The van der Waals surface area contributed by atoms with E-state index in [9.17, 15) is 4.39 Å². The molecule has 0 unspecified atom stereocenters. The standard InChI is InChI=1S/C39H43FN6O2Si/c1-27-28(22-29-24-41-36-33(29)23-30(40)25-42-36)18-19-35(44-27)34-26-43-38(45-37(34)47-6)46(5)20-13-21-48-49(39(2,3)4,31-14-9-7-10-15-31)32-16-11-8-12-17-32/h7-12,14-19,23-26H,13,20-22H2,1-6H3,(H,41,42). The number of rotatable bonds is 12. The van der Waals surface area contributed by atoms with Gasteiger partial charge in [0.1, 0.15) is 11.5 Å². The number of benzene rings is 2. The van der Waals surface area contributed by atoms with E-state index in [1.165, 1.54) is 22.6 Å². The van der Waals surface area contributed by atoms with Crippen molar-refractivity contribution < 1.29 is 13.6 Å². The summed E-state index contributed by atoms with van der Waals surface area (Å²) in [6, 6.07) is 26.9. The third kappa shape index (κ3) is 6.97. The first kappa shape index (κ1) is 33.9. The van der Waals surface area contributed by atoms with Crippen LogP contribution in [0.2, 0.25) is 5.04 Å². The van der Waals surface area contributed by atoms with Crippen LogP contribution in [0.3, 0.4) is 0 Å². The minimum absolute atomic E-state index is 0.0776. The van der Waals surface area contributed by atoms with Crippen molar-refractivity contribution in [2.75, 3.05) is 32.2 Å². The summed E-state index contributed by atoms with van der Waals surface area (Å²) >= 11 is 0. The largest absolute Gasteiger partial charge is 0.480 e. The van der Waals surface area contributed by atoms with Gasteiger partial charge >= 0.3 is 0 Å². The van der Waals surface area contributed by atoms with Crippen molar-refractivity contribution in [3.05, 3.63) is 120 Å². The van der Waals surface area contributed by atoms with E-state index in [4.69, 9.17) is 24.1 Å². The average Bonchev–Trinajstić information content (AvgIpc) is 3.50. The Bertz CT molecular complexity index is 1990. The number of nitrogens with zero attached hydrogens (tertiary/aromatic N) is 5. The quantitative estimate of drug-likeness (QED) is 0.112. The number of aromatic amines is 1. The van der Waals surface area contributed by atoms with Crippen molar-refractivity contribution >= 4 is 35.7 Å². The zero-order valence-electron chi connectivity index (χ0n) is 29.0. The molecule has 4 heterocycles. The van der Waals surface area contributed by atoms with Crippen molar-refractivity contribution in [1.29, 1.82) is 0 Å². The van der Waals surface area contributed by atoms with E-state index in [2.05, 4.69) is 91.4 Å². The Morgan fingerprint density at radius 1 is 0.878 bits per heavy atom. The van der Waals surface area contributed by atoms with Crippen LogP contribution in [0.5, 0.6) is 5.88 Å². The molecule has 0 radical (unpaired) electrons. The maximum absolute atomic E-state index is 13.9. The highest BCUT2D eigenvalue weighted by Gasteiger charge is 2.50. The van der Waals surface area contributed by atoms with E-state index in [1.54, 1.807) is 13.3 Å². The van der Waals surface area contributed by atoms with Gasteiger partial charge in [-0.15, -0.1) is 0 Å². The fraction of sp³-hybridized carbons (Fsp3) is 0.282. The molecule has 0 saturated carbocycles. The summed E-state index contributed by atoms with van der Waals surface area (Å²) in [4.78, 5) is 23.6. The zero-order valence-corrected chi connectivity index (χ0v) is 30.0. The van der Waals surface area contributed by atoms with E-state index >= 15 is 0 Å². The molecule has 0 aliphatic rings. The predicted octanol–water partition coefficient (Wildman–Crippen LogP) is 6.86. The van der Waals surface area contributed by atoms with Crippen LogP contribution in [0.4, 0.5) is 10.3 Å². The maximum Gasteiger partial charge on any atom is 0.261 e. The van der Waals surface area contributed by atoms with Gasteiger partial charge < -0.3 is 19.0 Å². The molecular weight excluding hydrogens is 632 g/mol. The molecule has 2 aromatic carbocycles. The Hall–Kier alpha value is -4.93. The number of methoxy groups -OCH3 is 1. The Morgan fingerprint density at radius 2 is 1.57 bits per heavy atom. The fourth-order valence-corrected chi connectivity index (χ4v) is 11.2. The number of anilines is 1. The monoisotopic (exact) mass is 674 g/mol. The molecule has 0 saturated heterocycles. The first-order valence-electron chi connectivity index (χ1n) is 16.6. The molecular formula is C39H43FN6O2Si. The number of hydrogen-bond acceptors (Lipinski definition) is 7. The molecule has 0 atom stereocenters. The van der Waals surface area contributed by atoms with Crippen LogP contribution in [0.15, 0.2) is 97.5 Å². The average molecular weight is 675 g/mol. The summed E-state index contributed by atoms with van der Waals surface area (Å²) in [6.45, 7) is 10.2. The smallest absolute Gasteiger partial charge is 0.261 e. The van der Waals surface area contributed by atoms with Gasteiger partial charge in [-0.1, -0.05) is 87.5 Å². The number of aromatic nitrogens is 5. The number of nitrogens with one attached hydrogen (secondary N) is 1. The second-order valence-corrected chi connectivity index (χ2v) is 17.7. The van der Waals surface area contributed by atoms with Gasteiger partial charge in [0.2, 0.25) is 11.8 Å². The molecule has 0 bridgehead atoms. The minimum atomic E-state index is -2.60. The summed E-state index contributed by atoms with van der Waals surface area (Å²) in [5.74, 6) is 0.668. The highest BCUT2D eigenvalue weighted by atomic mass is 28.4. The molecule has 0 amide bonds. The molecule has 6 aromatic rings. The highest BCUT2D eigenvalue weighted by molar-refractivity contribution is 6.99. The van der Waals surface area contributed by atoms with Crippen molar-refractivity contribution in [3.63, 3.8) is 0 Å². The van der Waals surface area contributed by atoms with Crippen LogP contribution >= 0.6 is 0 Å². The van der Waals surface area contributed by atoms with E-state index in [-0.39, 0.29) is 10.9 Å². The molecule has 252 valence electrons. The van der Waals surface area contributed by atoms with Crippen molar-refractivity contribution in [1.82, 2.24) is 24.9 Å². The van der Waals surface area contributed by atoms with Crippen LogP contribution in [-0.4, -0.2) is 60.5 Å². The molecule has 10 heteroatoms. The molecule has 4 aromatic heterocycles. The number of pyridine rings is 2. The highest BCUT2D eigenvalue weighted by Crippen LogP contribution is 2.37. The summed E-state index contributed by atoms with van der Waals surface area (Å²) in [5, 5.41) is 3.24. The van der Waals surface area contributed by atoms with Crippen LogP contribution in [-0.2, 0) is 10.8 Å². The number of ether oxygens (including phenoxy) is 1. The zero-order chi connectivity index (χ0) is 34.6. The van der Waals surface area contributed by atoms with E-state index in [1.807, 2.05) is 37.2 Å². The van der Waals surface area contributed by atoms with Crippen LogP contribution in [0, 0.1) is 12.7 Å². The Balaban J connectivity index is 1.15. The van der Waals surface area contributed by atoms with Crippen LogP contribution in [0.25, 0.3) is 22.3 Å². The minimum Gasteiger partial charge on any atom is -0.480 e. The van der Waals surface area contributed by atoms with Gasteiger partial charge in [0, 0.05) is 50.1 Å². The number of halogens is 1. The molecule has 0 aliphatic carbocycles. The number of H-pyrrole nitrogens is 1. The van der Waals surface area contributed by atoms with Gasteiger partial charge in [-0.25, -0.2) is 14.4 Å². The Kier molecular flexibility index (Phi) is 9.89. The summed E-state index contributed by atoms with van der Waals surface area (Å²) in [7, 11) is 0.998. The van der Waals surface area contributed by atoms with E-state index in [0.717, 1.165) is 34.3 Å². The summed E-state index contributed by atoms with van der Waals surface area (Å²) in [5.41, 5.74) is 4.95. The van der Waals surface area contributed by atoms with Crippen LogP contribution < -0.4 is 20.0 Å². The lowest BCUT2D eigenvalue weighted by Gasteiger charge is -2.43. The van der Waals surface area contributed by atoms with Gasteiger partial charge in [-0.2, -0.15) is 4.98 Å². The van der Waals surface area contributed by atoms with E-state index < -0.39 is 8.32 Å². The van der Waals surface area contributed by atoms with Crippen molar-refractivity contribution in [2.45, 2.75) is 45.6 Å². The normalized spacial score (nSPS) is 12.0. The summed E-state index contributed by atoms with van der Waals surface area (Å²) < 4.78 is 26.7. The Labute approximate surface area is 288 Å². The molecule has 0 fully saturated rings. The predicted molar refractivity (Wildman–Crippen MR) is 197 cm³/mol. The number of fused-ring (bicyclic) bond motifs is 1. The first-order valence-corrected chi connectivity index (χ1v) is 18.5. The molecule has 49 heavy (non-hydrogen) atoms. The second kappa shape index (κ2) is 14.3. The number of aryl methyl sites for hydroxylation is 1. The third-order valence-corrected chi connectivity index (χ3v) is 14.1. The SMILES string of the molecule is COc1nc(N(C)CCCO[Si](c2ccccc2)(c2ccccc2)C(C)(C)C)ncc1-c1ccc(Cc2c[nH]c3ncc(F)cc23)c(C)n1. The van der Waals surface area contributed by atoms with Crippen molar-refractivity contribution in [2.24, 2.45) is 0 Å². The van der Waals surface area contributed by atoms with Gasteiger partial charge in [0.25, 0.3) is 8.32 Å². The molecule has 0 aliphatic heterocycles. The van der Waals surface area contributed by atoms with Gasteiger partial charge in [-0.05, 0) is 52.0 Å². The second-order valence-electron chi connectivity index (χ2n) is 13.4. The third-order valence-electron chi connectivity index (χ3n) is 9.08. The van der Waals surface area contributed by atoms with Gasteiger partial charge in [0.05, 0.1) is 24.6 Å². The van der Waals surface area contributed by atoms with Gasteiger partial charge in [0.15, 0.2) is 0 Å². The topological polar surface area (TPSA) is 89.0 Å². The summed E-state index contributed by atoms with van der Waals surface area (Å²) in [6.07, 6.45) is 6.26. The number of hydrogen-bond donors (Lipinski definition) is 1.